The zero-order valence-corrected chi connectivity index (χ0v) is 10.5. The Morgan fingerprint density at radius 1 is 1.50 bits per heavy atom. The Morgan fingerprint density at radius 2 is 2.12 bits per heavy atom. The number of nitrogens with zero attached hydrogens (tertiary/aromatic N) is 1. The second-order valence-electron chi connectivity index (χ2n) is 4.55. The van der Waals surface area contributed by atoms with Crippen LogP contribution in [-0.4, -0.2) is 28.8 Å². The maximum Gasteiger partial charge on any atom is 0.160 e. The lowest BCUT2D eigenvalue weighted by Gasteiger charge is -2.31. The highest BCUT2D eigenvalue weighted by Crippen LogP contribution is 2.27. The van der Waals surface area contributed by atoms with Gasteiger partial charge in [0.1, 0.15) is 0 Å². The van der Waals surface area contributed by atoms with Crippen LogP contribution in [0, 0.1) is 6.92 Å². The van der Waals surface area contributed by atoms with E-state index in [9.17, 15) is 5.11 Å². The normalized spacial score (nSPS) is 13.4. The second kappa shape index (κ2) is 4.70. The molecule has 2 N–H and O–H groups in total. The molecule has 1 rings (SSSR count). The van der Waals surface area contributed by atoms with Crippen molar-refractivity contribution >= 4 is 5.69 Å². The van der Waals surface area contributed by atoms with Crippen LogP contribution >= 0.6 is 0 Å². The molecule has 0 fully saturated rings. The number of anilines is 1. The molecule has 0 aromatic carbocycles. The van der Waals surface area contributed by atoms with Gasteiger partial charge in [-0.1, -0.05) is 0 Å². The van der Waals surface area contributed by atoms with E-state index in [1.54, 1.807) is 20.2 Å². The van der Waals surface area contributed by atoms with Gasteiger partial charge in [-0.25, -0.2) is 0 Å². The number of methoxy groups -OCH3 is 1. The van der Waals surface area contributed by atoms with E-state index in [1.165, 1.54) is 0 Å². The number of ether oxygens (including phenoxy) is 1. The first-order valence-electron chi connectivity index (χ1n) is 5.33. The third-order valence-corrected chi connectivity index (χ3v) is 2.73. The number of aryl methyl sites for hydroxylation is 1. The number of aliphatic hydroxyl groups is 1. The van der Waals surface area contributed by atoms with Crippen molar-refractivity contribution in [1.82, 2.24) is 4.98 Å². The fraction of sp³-hybridized carbons (Fsp3) is 0.583. The smallest absolute Gasteiger partial charge is 0.160 e. The summed E-state index contributed by atoms with van der Waals surface area (Å²) >= 11 is 0. The minimum atomic E-state index is -0.467. The number of aromatic nitrogens is 1. The largest absolute Gasteiger partial charge is 0.493 e. The minimum Gasteiger partial charge on any atom is -0.493 e. The molecular weight excluding hydrogens is 204 g/mol. The van der Waals surface area contributed by atoms with Crippen LogP contribution in [0.4, 0.5) is 5.69 Å². The summed E-state index contributed by atoms with van der Waals surface area (Å²) in [6.45, 7) is 7.55. The highest BCUT2D eigenvalue weighted by molar-refractivity contribution is 5.57. The number of pyridine rings is 1. The van der Waals surface area contributed by atoms with Crippen molar-refractivity contribution in [2.75, 3.05) is 12.4 Å². The van der Waals surface area contributed by atoms with Crippen molar-refractivity contribution in [3.63, 3.8) is 0 Å². The molecule has 16 heavy (non-hydrogen) atoms. The highest BCUT2D eigenvalue weighted by atomic mass is 16.5. The summed E-state index contributed by atoms with van der Waals surface area (Å²) < 4.78 is 5.22. The fourth-order valence-corrected chi connectivity index (χ4v) is 1.26. The average molecular weight is 224 g/mol. The van der Waals surface area contributed by atoms with E-state index < -0.39 is 11.6 Å². The van der Waals surface area contributed by atoms with Gasteiger partial charge in [0.15, 0.2) is 5.75 Å². The third-order valence-electron chi connectivity index (χ3n) is 2.73. The number of nitrogens with one attached hydrogen (secondary N) is 1. The van der Waals surface area contributed by atoms with Crippen molar-refractivity contribution < 1.29 is 9.84 Å². The standard InChI is InChI=1S/C12H20N2O2/c1-8-6-10(11(16-5)7-13-8)14-12(3,4)9(2)15/h6-7,9,15H,1-5H3,(H,13,14). The van der Waals surface area contributed by atoms with Crippen LogP contribution in [0.25, 0.3) is 0 Å². The van der Waals surface area contributed by atoms with Crippen molar-refractivity contribution in [2.24, 2.45) is 0 Å². The summed E-state index contributed by atoms with van der Waals surface area (Å²) in [6.07, 6.45) is 1.21. The maximum atomic E-state index is 9.66. The van der Waals surface area contributed by atoms with Gasteiger partial charge in [-0.05, 0) is 33.8 Å². The van der Waals surface area contributed by atoms with Crippen molar-refractivity contribution in [3.8, 4) is 5.75 Å². The van der Waals surface area contributed by atoms with Crippen molar-refractivity contribution in [1.29, 1.82) is 0 Å². The van der Waals surface area contributed by atoms with Crippen LogP contribution in [0.1, 0.15) is 26.5 Å². The van der Waals surface area contributed by atoms with E-state index in [4.69, 9.17) is 4.74 Å². The van der Waals surface area contributed by atoms with Crippen LogP contribution in [0.15, 0.2) is 12.3 Å². The number of hydrogen-bond acceptors (Lipinski definition) is 4. The molecular formula is C12H20N2O2. The Hall–Kier alpha value is -1.29. The molecule has 0 aliphatic rings. The molecule has 1 unspecified atom stereocenters. The Kier molecular flexibility index (Phi) is 3.75. The van der Waals surface area contributed by atoms with Gasteiger partial charge < -0.3 is 15.2 Å². The van der Waals surface area contributed by atoms with Gasteiger partial charge in [-0.3, -0.25) is 4.98 Å². The maximum absolute atomic E-state index is 9.66. The lowest BCUT2D eigenvalue weighted by atomic mass is 9.98. The van der Waals surface area contributed by atoms with Crippen molar-refractivity contribution in [3.05, 3.63) is 18.0 Å². The van der Waals surface area contributed by atoms with Gasteiger partial charge in [0.2, 0.25) is 0 Å². The fourth-order valence-electron chi connectivity index (χ4n) is 1.26. The van der Waals surface area contributed by atoms with E-state index in [-0.39, 0.29) is 0 Å². The lowest BCUT2D eigenvalue weighted by molar-refractivity contribution is 0.133. The molecule has 0 saturated heterocycles. The van der Waals surface area contributed by atoms with Crippen LogP contribution in [0.5, 0.6) is 5.75 Å². The SMILES string of the molecule is COc1cnc(C)cc1NC(C)(C)C(C)O. The predicted molar refractivity (Wildman–Crippen MR) is 64.9 cm³/mol. The molecule has 4 heteroatoms. The van der Waals surface area contributed by atoms with E-state index in [0.29, 0.717) is 5.75 Å². The summed E-state index contributed by atoms with van der Waals surface area (Å²) in [4.78, 5) is 4.16. The molecule has 0 spiro atoms. The molecule has 0 bridgehead atoms. The zero-order valence-electron chi connectivity index (χ0n) is 10.5. The van der Waals surface area contributed by atoms with Gasteiger partial charge in [-0.15, -0.1) is 0 Å². The minimum absolute atomic E-state index is 0.416. The van der Waals surface area contributed by atoms with Gasteiger partial charge >= 0.3 is 0 Å². The molecule has 1 aromatic heterocycles. The summed E-state index contributed by atoms with van der Waals surface area (Å²) in [7, 11) is 1.60. The zero-order chi connectivity index (χ0) is 12.3. The number of hydrogen-bond donors (Lipinski definition) is 2. The van der Waals surface area contributed by atoms with Crippen LogP contribution in [0.2, 0.25) is 0 Å². The summed E-state index contributed by atoms with van der Waals surface area (Å²) in [5.74, 6) is 0.680. The quantitative estimate of drug-likeness (QED) is 0.821. The van der Waals surface area contributed by atoms with E-state index in [1.807, 2.05) is 26.8 Å². The molecule has 90 valence electrons. The van der Waals surface area contributed by atoms with E-state index in [2.05, 4.69) is 10.3 Å². The first kappa shape index (κ1) is 12.8. The molecule has 0 amide bonds. The molecule has 0 radical (unpaired) electrons. The Bertz CT molecular complexity index is 362. The van der Waals surface area contributed by atoms with Gasteiger partial charge in [-0.2, -0.15) is 0 Å². The summed E-state index contributed by atoms with van der Waals surface area (Å²) in [5, 5.41) is 12.9. The third kappa shape index (κ3) is 2.85. The van der Waals surface area contributed by atoms with E-state index in [0.717, 1.165) is 11.4 Å². The monoisotopic (exact) mass is 224 g/mol. The highest BCUT2D eigenvalue weighted by Gasteiger charge is 2.24. The molecule has 1 aromatic rings. The molecule has 1 heterocycles. The number of aliphatic hydroxyl groups excluding tert-OH is 1. The van der Waals surface area contributed by atoms with Crippen LogP contribution < -0.4 is 10.1 Å². The predicted octanol–water partition coefficient (Wildman–Crippen LogP) is 1.97. The summed E-state index contributed by atoms with van der Waals surface area (Å²) in [6, 6.07) is 1.91. The van der Waals surface area contributed by atoms with Gasteiger partial charge in [0.25, 0.3) is 0 Å². The van der Waals surface area contributed by atoms with Gasteiger partial charge in [0.05, 0.1) is 30.6 Å². The molecule has 4 nitrogen and oxygen atoms in total. The van der Waals surface area contributed by atoms with Crippen molar-refractivity contribution in [2.45, 2.75) is 39.3 Å². The topological polar surface area (TPSA) is 54.4 Å². The molecule has 0 saturated carbocycles. The second-order valence-corrected chi connectivity index (χ2v) is 4.55. The first-order valence-corrected chi connectivity index (χ1v) is 5.33. The van der Waals surface area contributed by atoms with Gasteiger partial charge in [0, 0.05) is 5.69 Å². The Morgan fingerprint density at radius 3 is 2.62 bits per heavy atom. The van der Waals surface area contributed by atoms with E-state index >= 15 is 0 Å². The lowest BCUT2D eigenvalue weighted by Crippen LogP contribution is -2.42. The first-order chi connectivity index (χ1) is 7.36. The van der Waals surface area contributed by atoms with Crippen LogP contribution in [0.3, 0.4) is 0 Å². The summed E-state index contributed by atoms with van der Waals surface area (Å²) in [5.41, 5.74) is 1.34. The number of rotatable bonds is 4. The average Bonchev–Trinajstić information content (AvgIpc) is 2.17. The Labute approximate surface area is 96.7 Å². The van der Waals surface area contributed by atoms with Crippen LogP contribution in [-0.2, 0) is 0 Å². The molecule has 1 atom stereocenters. The Balaban J connectivity index is 2.99. The molecule has 0 aliphatic heterocycles. The molecule has 0 aliphatic carbocycles.